The molecule has 3 nitrogen and oxygen atoms in total. The Morgan fingerprint density at radius 3 is 3.06 bits per heavy atom. The quantitative estimate of drug-likeness (QED) is 0.880. The number of hydrogen-bond donors (Lipinski definition) is 2. The van der Waals surface area contributed by atoms with Crippen LogP contribution in [0.25, 0.3) is 0 Å². The van der Waals surface area contributed by atoms with Gasteiger partial charge in [0.2, 0.25) is 5.91 Å². The molecule has 3 rings (SSSR count). The van der Waals surface area contributed by atoms with Crippen molar-refractivity contribution in [2.24, 2.45) is 5.92 Å². The molecular weight excluding hydrogens is 246 g/mol. The van der Waals surface area contributed by atoms with Crippen LogP contribution in [0.5, 0.6) is 0 Å². The van der Waals surface area contributed by atoms with Crippen LogP contribution in [0.15, 0.2) is 11.4 Å². The number of aliphatic hydroxyl groups is 1. The first kappa shape index (κ1) is 12.2. The van der Waals surface area contributed by atoms with Gasteiger partial charge in [0.1, 0.15) is 5.60 Å². The highest BCUT2D eigenvalue weighted by Crippen LogP contribution is 2.38. The van der Waals surface area contributed by atoms with Crippen LogP contribution >= 0.6 is 11.3 Å². The van der Waals surface area contributed by atoms with E-state index in [1.807, 2.05) is 11.4 Å². The van der Waals surface area contributed by atoms with Crippen molar-refractivity contribution < 1.29 is 9.90 Å². The number of carbonyl (C=O) groups excluding carboxylic acids is 1. The minimum Gasteiger partial charge on any atom is -0.383 e. The van der Waals surface area contributed by atoms with E-state index in [2.05, 4.69) is 5.32 Å². The lowest BCUT2D eigenvalue weighted by Gasteiger charge is -2.34. The SMILES string of the molecule is O=C(NCC1(O)CCCc2sccc21)C1CCC1. The van der Waals surface area contributed by atoms with Gasteiger partial charge in [-0.2, -0.15) is 0 Å². The molecule has 1 saturated carbocycles. The molecule has 2 aliphatic rings. The number of thiophene rings is 1. The molecule has 0 bridgehead atoms. The van der Waals surface area contributed by atoms with Crippen molar-refractivity contribution in [3.05, 3.63) is 21.9 Å². The number of hydrogen-bond acceptors (Lipinski definition) is 3. The largest absolute Gasteiger partial charge is 0.383 e. The molecule has 2 aliphatic carbocycles. The highest BCUT2D eigenvalue weighted by molar-refractivity contribution is 7.10. The number of rotatable bonds is 3. The maximum Gasteiger partial charge on any atom is 0.223 e. The third-order valence-electron chi connectivity index (χ3n) is 4.27. The van der Waals surface area contributed by atoms with Crippen LogP contribution in [0.1, 0.15) is 42.5 Å². The zero-order chi connectivity index (χ0) is 12.6. The Bertz CT molecular complexity index is 452. The van der Waals surface area contributed by atoms with Crippen LogP contribution in [0.4, 0.5) is 0 Å². The minimum absolute atomic E-state index is 0.122. The van der Waals surface area contributed by atoms with Crippen molar-refractivity contribution in [1.82, 2.24) is 5.32 Å². The van der Waals surface area contributed by atoms with Gasteiger partial charge in [-0.15, -0.1) is 11.3 Å². The lowest BCUT2D eigenvalue weighted by atomic mass is 9.82. The predicted molar refractivity (Wildman–Crippen MR) is 71.5 cm³/mol. The summed E-state index contributed by atoms with van der Waals surface area (Å²) in [6.45, 7) is 0.367. The molecule has 0 spiro atoms. The zero-order valence-corrected chi connectivity index (χ0v) is 11.3. The van der Waals surface area contributed by atoms with Gasteiger partial charge in [0.05, 0.1) is 6.54 Å². The van der Waals surface area contributed by atoms with E-state index < -0.39 is 5.60 Å². The number of nitrogens with one attached hydrogen (secondary N) is 1. The summed E-state index contributed by atoms with van der Waals surface area (Å²) < 4.78 is 0. The van der Waals surface area contributed by atoms with E-state index in [0.717, 1.165) is 44.1 Å². The Labute approximate surface area is 111 Å². The molecular formula is C14H19NO2S. The van der Waals surface area contributed by atoms with E-state index in [9.17, 15) is 9.90 Å². The number of fused-ring (bicyclic) bond motifs is 1. The predicted octanol–water partition coefficient (Wildman–Crippen LogP) is 2.19. The summed E-state index contributed by atoms with van der Waals surface area (Å²) in [6, 6.07) is 2.01. The number of aryl methyl sites for hydroxylation is 1. The molecule has 1 amide bonds. The first-order valence-electron chi connectivity index (χ1n) is 6.76. The molecule has 0 saturated heterocycles. The Balaban J connectivity index is 1.67. The van der Waals surface area contributed by atoms with Gasteiger partial charge in [0, 0.05) is 10.8 Å². The second-order valence-electron chi connectivity index (χ2n) is 5.49. The summed E-state index contributed by atoms with van der Waals surface area (Å²) in [5, 5.41) is 15.7. The third kappa shape index (κ3) is 2.08. The van der Waals surface area contributed by atoms with Gasteiger partial charge < -0.3 is 10.4 Å². The highest BCUT2D eigenvalue weighted by atomic mass is 32.1. The summed E-state index contributed by atoms with van der Waals surface area (Å²) in [4.78, 5) is 13.1. The normalized spacial score (nSPS) is 27.4. The monoisotopic (exact) mass is 265 g/mol. The molecule has 4 heteroatoms. The minimum atomic E-state index is -0.840. The lowest BCUT2D eigenvalue weighted by molar-refractivity contribution is -0.128. The van der Waals surface area contributed by atoms with E-state index in [1.165, 1.54) is 4.88 Å². The standard InChI is InChI=1S/C14H19NO2S/c16-13(10-3-1-4-10)15-9-14(17)7-2-5-12-11(14)6-8-18-12/h6,8,10,17H,1-5,7,9H2,(H,15,16). The fraction of sp³-hybridized carbons (Fsp3) is 0.643. The molecule has 1 aromatic heterocycles. The molecule has 1 fully saturated rings. The molecule has 1 heterocycles. The topological polar surface area (TPSA) is 49.3 Å². The maximum absolute atomic E-state index is 11.8. The number of carbonyl (C=O) groups is 1. The summed E-state index contributed by atoms with van der Waals surface area (Å²) in [5.74, 6) is 0.316. The van der Waals surface area contributed by atoms with Crippen molar-refractivity contribution in [2.75, 3.05) is 6.54 Å². The van der Waals surface area contributed by atoms with E-state index in [1.54, 1.807) is 11.3 Å². The van der Waals surface area contributed by atoms with Crippen LogP contribution in [0.2, 0.25) is 0 Å². The van der Waals surface area contributed by atoms with E-state index >= 15 is 0 Å². The second kappa shape index (κ2) is 4.67. The van der Waals surface area contributed by atoms with Crippen molar-refractivity contribution in [3.8, 4) is 0 Å². The molecule has 1 unspecified atom stereocenters. The Morgan fingerprint density at radius 1 is 1.50 bits per heavy atom. The summed E-state index contributed by atoms with van der Waals surface area (Å²) >= 11 is 1.71. The molecule has 0 aliphatic heterocycles. The van der Waals surface area contributed by atoms with Gasteiger partial charge in [-0.05, 0) is 49.1 Å². The molecule has 1 atom stereocenters. The van der Waals surface area contributed by atoms with Crippen LogP contribution in [-0.4, -0.2) is 17.6 Å². The average molecular weight is 265 g/mol. The van der Waals surface area contributed by atoms with Crippen molar-refractivity contribution in [3.63, 3.8) is 0 Å². The van der Waals surface area contributed by atoms with Gasteiger partial charge in [-0.3, -0.25) is 4.79 Å². The van der Waals surface area contributed by atoms with E-state index in [4.69, 9.17) is 0 Å². The molecule has 0 aromatic carbocycles. The Kier molecular flexibility index (Phi) is 3.16. The third-order valence-corrected chi connectivity index (χ3v) is 5.25. The van der Waals surface area contributed by atoms with Gasteiger partial charge in [0.25, 0.3) is 0 Å². The smallest absolute Gasteiger partial charge is 0.223 e. The van der Waals surface area contributed by atoms with Gasteiger partial charge in [-0.1, -0.05) is 6.42 Å². The van der Waals surface area contributed by atoms with Crippen LogP contribution in [-0.2, 0) is 16.8 Å². The lowest BCUT2D eigenvalue weighted by Crippen LogP contribution is -2.45. The first-order chi connectivity index (χ1) is 8.69. The van der Waals surface area contributed by atoms with Gasteiger partial charge in [0.15, 0.2) is 0 Å². The summed E-state index contributed by atoms with van der Waals surface area (Å²) in [7, 11) is 0. The first-order valence-corrected chi connectivity index (χ1v) is 7.64. The van der Waals surface area contributed by atoms with Crippen LogP contribution in [0.3, 0.4) is 0 Å². The molecule has 98 valence electrons. The van der Waals surface area contributed by atoms with Crippen molar-refractivity contribution in [1.29, 1.82) is 0 Å². The molecule has 18 heavy (non-hydrogen) atoms. The van der Waals surface area contributed by atoms with Gasteiger partial charge in [-0.25, -0.2) is 0 Å². The number of amides is 1. The Morgan fingerprint density at radius 2 is 2.33 bits per heavy atom. The Hall–Kier alpha value is -0.870. The fourth-order valence-corrected chi connectivity index (χ4v) is 3.87. The summed E-state index contributed by atoms with van der Waals surface area (Å²) in [5.41, 5.74) is 0.195. The fourth-order valence-electron chi connectivity index (χ4n) is 2.86. The van der Waals surface area contributed by atoms with Crippen LogP contribution in [0, 0.1) is 5.92 Å². The molecule has 1 aromatic rings. The average Bonchev–Trinajstić information content (AvgIpc) is 2.74. The van der Waals surface area contributed by atoms with E-state index in [0.29, 0.717) is 6.54 Å². The summed E-state index contributed by atoms with van der Waals surface area (Å²) in [6.07, 6.45) is 6.00. The van der Waals surface area contributed by atoms with Gasteiger partial charge >= 0.3 is 0 Å². The molecule has 2 N–H and O–H groups in total. The zero-order valence-electron chi connectivity index (χ0n) is 10.4. The van der Waals surface area contributed by atoms with Crippen molar-refractivity contribution >= 4 is 17.2 Å². The molecule has 0 radical (unpaired) electrons. The second-order valence-corrected chi connectivity index (χ2v) is 6.49. The highest BCUT2D eigenvalue weighted by Gasteiger charge is 2.36. The van der Waals surface area contributed by atoms with Crippen molar-refractivity contribution in [2.45, 2.75) is 44.1 Å². The van der Waals surface area contributed by atoms with Crippen LogP contribution < -0.4 is 5.32 Å². The van der Waals surface area contributed by atoms with E-state index in [-0.39, 0.29) is 11.8 Å². The maximum atomic E-state index is 11.8.